The van der Waals surface area contributed by atoms with Gasteiger partial charge in [0.1, 0.15) is 24.4 Å². The van der Waals surface area contributed by atoms with Crippen molar-refractivity contribution in [2.45, 2.75) is 128 Å². The molecule has 0 aliphatic rings. The maximum atomic E-state index is 11.7. The zero-order valence-electron chi connectivity index (χ0n) is 21.0. The van der Waals surface area contributed by atoms with Crippen LogP contribution in [0, 0.1) is 0 Å². The van der Waals surface area contributed by atoms with E-state index >= 15 is 0 Å². The molecule has 35 heavy (non-hydrogen) atoms. The summed E-state index contributed by atoms with van der Waals surface area (Å²) in [5.41, 5.74) is 0. The van der Waals surface area contributed by atoms with E-state index in [0.29, 0.717) is 6.42 Å². The quantitative estimate of drug-likeness (QED) is 0.0446. The number of esters is 1. The lowest BCUT2D eigenvalue weighted by Gasteiger charge is -2.27. The molecule has 0 aliphatic carbocycles. The number of aliphatic hydroxyl groups excluding tert-OH is 6. The second-order valence-electron chi connectivity index (χ2n) is 8.79. The summed E-state index contributed by atoms with van der Waals surface area (Å²) < 4.78 is 8.68. The van der Waals surface area contributed by atoms with E-state index in [9.17, 15) is 35.1 Å². The summed E-state index contributed by atoms with van der Waals surface area (Å²) in [5.74, 6) is -0.856. The third kappa shape index (κ3) is 17.5. The van der Waals surface area contributed by atoms with Crippen LogP contribution in [0.25, 0.3) is 0 Å². The summed E-state index contributed by atoms with van der Waals surface area (Å²) in [6, 6.07) is 0. The third-order valence-corrected chi connectivity index (χ3v) is 5.63. The van der Waals surface area contributed by atoms with Crippen LogP contribution in [-0.2, 0) is 14.3 Å². The first-order valence-corrected chi connectivity index (χ1v) is 12.8. The summed E-state index contributed by atoms with van der Waals surface area (Å²) in [6.07, 6.45) is 6.84. The van der Waals surface area contributed by atoms with Crippen molar-refractivity contribution < 1.29 is 49.7 Å². The number of ether oxygens (including phenoxy) is 2. The van der Waals surface area contributed by atoms with Crippen molar-refractivity contribution in [2.24, 2.45) is 0 Å². The molecule has 0 amide bonds. The molecular formula is C25H46O10. The van der Waals surface area contributed by atoms with Gasteiger partial charge in [-0.1, -0.05) is 70.4 Å². The highest BCUT2D eigenvalue weighted by Crippen LogP contribution is 2.12. The van der Waals surface area contributed by atoms with E-state index < -0.39 is 49.4 Å². The lowest BCUT2D eigenvalue weighted by molar-refractivity contribution is -0.197. The molecule has 6 N–H and O–H groups in total. The van der Waals surface area contributed by atoms with E-state index in [1.165, 1.54) is 38.5 Å². The third-order valence-electron chi connectivity index (χ3n) is 5.63. The first-order valence-electron chi connectivity index (χ1n) is 12.8. The van der Waals surface area contributed by atoms with Gasteiger partial charge in [-0.15, -0.1) is 0 Å². The highest BCUT2D eigenvalue weighted by Gasteiger charge is 2.36. The second kappa shape index (κ2) is 21.7. The maximum absolute atomic E-state index is 11.7. The molecule has 10 nitrogen and oxygen atoms in total. The van der Waals surface area contributed by atoms with E-state index in [2.05, 4.69) is 28.5 Å². The van der Waals surface area contributed by atoms with Gasteiger partial charge in [0.25, 0.3) is 0 Å². The maximum Gasteiger partial charge on any atom is 0.518 e. The molecule has 0 aromatic rings. The second-order valence-corrected chi connectivity index (χ2v) is 8.79. The summed E-state index contributed by atoms with van der Waals surface area (Å²) >= 11 is 0. The fraction of sp³-hybridized carbons (Fsp3) is 0.840. The van der Waals surface area contributed by atoms with E-state index in [4.69, 9.17) is 5.11 Å². The van der Waals surface area contributed by atoms with Gasteiger partial charge in [0.2, 0.25) is 6.29 Å². The largest absolute Gasteiger partial charge is 0.518 e. The molecule has 10 heteroatoms. The minimum Gasteiger partial charge on any atom is -0.401 e. The number of carbonyl (C=O) groups is 2. The molecule has 0 aliphatic heterocycles. The van der Waals surface area contributed by atoms with Crippen molar-refractivity contribution in [1.82, 2.24) is 0 Å². The molecule has 1 unspecified atom stereocenters. The number of unbranched alkanes of at least 4 members (excludes halogenated alkanes) is 11. The monoisotopic (exact) mass is 506 g/mol. The van der Waals surface area contributed by atoms with Crippen LogP contribution in [0.3, 0.4) is 0 Å². The number of carbonyl (C=O) groups excluding carboxylic acids is 2. The molecule has 0 fully saturated rings. The molecule has 0 aromatic carbocycles. The predicted molar refractivity (Wildman–Crippen MR) is 129 cm³/mol. The smallest absolute Gasteiger partial charge is 0.401 e. The average molecular weight is 507 g/mol. The molecule has 0 bridgehead atoms. The summed E-state index contributed by atoms with van der Waals surface area (Å²) in [5, 5.41) is 56.3. The number of allylic oxidation sites excluding steroid dienone is 2. The Labute approximate surface area is 208 Å². The SMILES string of the molecule is CCCCCCCC/C=C\CCCCCCCC(=O)OC(=O)OC(O)[C@H](O)[C@@H](O)[C@H](O)[C@H](O)CO. The van der Waals surface area contributed by atoms with Crippen molar-refractivity contribution in [3.05, 3.63) is 12.2 Å². The molecule has 0 heterocycles. The first kappa shape index (κ1) is 33.4. The van der Waals surface area contributed by atoms with Gasteiger partial charge >= 0.3 is 12.1 Å². The predicted octanol–water partition coefficient (Wildman–Crippen LogP) is 2.46. The van der Waals surface area contributed by atoms with E-state index in [1.807, 2.05) is 0 Å². The van der Waals surface area contributed by atoms with Gasteiger partial charge in [0.15, 0.2) is 0 Å². The Morgan fingerprint density at radius 1 is 0.714 bits per heavy atom. The number of hydrogen-bond donors (Lipinski definition) is 6. The zero-order valence-corrected chi connectivity index (χ0v) is 21.0. The molecule has 0 saturated carbocycles. The Kier molecular flexibility index (Phi) is 20.7. The van der Waals surface area contributed by atoms with Crippen LogP contribution in [0.2, 0.25) is 0 Å². The summed E-state index contributed by atoms with van der Waals surface area (Å²) in [6.45, 7) is 1.31. The Morgan fingerprint density at radius 3 is 1.77 bits per heavy atom. The molecule has 0 saturated heterocycles. The van der Waals surface area contributed by atoms with Crippen molar-refractivity contribution in [2.75, 3.05) is 6.61 Å². The summed E-state index contributed by atoms with van der Waals surface area (Å²) in [4.78, 5) is 23.2. The minimum atomic E-state index is -2.33. The van der Waals surface area contributed by atoms with E-state index in [1.54, 1.807) is 0 Å². The van der Waals surface area contributed by atoms with Gasteiger partial charge in [0.05, 0.1) is 6.61 Å². The lowest BCUT2D eigenvalue weighted by atomic mass is 10.0. The van der Waals surface area contributed by atoms with Crippen LogP contribution in [0.15, 0.2) is 12.2 Å². The van der Waals surface area contributed by atoms with Gasteiger partial charge in [-0.05, 0) is 32.1 Å². The molecule has 0 rings (SSSR count). The zero-order chi connectivity index (χ0) is 26.5. The molecule has 0 radical (unpaired) electrons. The Bertz CT molecular complexity index is 568. The normalized spacial score (nSPS) is 16.0. The standard InChI is InChI=1S/C25H46O10/c1-2-3-4-5-6-7-8-9-10-11-12-13-14-15-16-17-20(28)34-25(33)35-24(32)23(31)22(30)21(29)19(27)18-26/h9-10,19,21-24,26-27,29-32H,2-8,11-18H2,1H3/b10-9-/t19-,21-,22+,23-,24?/m1/s1. The van der Waals surface area contributed by atoms with Gasteiger partial charge in [-0.25, -0.2) is 4.79 Å². The highest BCUT2D eigenvalue weighted by molar-refractivity contribution is 5.81. The summed E-state index contributed by atoms with van der Waals surface area (Å²) in [7, 11) is 0. The fourth-order valence-corrected chi connectivity index (χ4v) is 3.38. The number of aliphatic hydroxyl groups is 6. The van der Waals surface area contributed by atoms with Crippen molar-refractivity contribution in [3.8, 4) is 0 Å². The van der Waals surface area contributed by atoms with Crippen molar-refractivity contribution >= 4 is 12.1 Å². The van der Waals surface area contributed by atoms with Crippen LogP contribution in [0.4, 0.5) is 4.79 Å². The molecule has 5 atom stereocenters. The lowest BCUT2D eigenvalue weighted by Crippen LogP contribution is -2.51. The van der Waals surface area contributed by atoms with Crippen LogP contribution in [0.1, 0.15) is 96.8 Å². The molecular weight excluding hydrogens is 460 g/mol. The molecule has 0 aromatic heterocycles. The van der Waals surface area contributed by atoms with Crippen molar-refractivity contribution in [3.63, 3.8) is 0 Å². The van der Waals surface area contributed by atoms with Crippen LogP contribution in [-0.4, -0.2) is 80.1 Å². The fourth-order valence-electron chi connectivity index (χ4n) is 3.38. The first-order chi connectivity index (χ1) is 16.7. The van der Waals surface area contributed by atoms with Gasteiger partial charge in [-0.2, -0.15) is 0 Å². The molecule has 0 spiro atoms. The molecule has 206 valence electrons. The van der Waals surface area contributed by atoms with Crippen LogP contribution < -0.4 is 0 Å². The number of rotatable bonds is 21. The van der Waals surface area contributed by atoms with Gasteiger partial charge in [-0.3, -0.25) is 4.79 Å². The Hall–Kier alpha value is -1.56. The Balaban J connectivity index is 3.79. The highest BCUT2D eigenvalue weighted by atomic mass is 16.8. The van der Waals surface area contributed by atoms with Gasteiger partial charge < -0.3 is 40.1 Å². The van der Waals surface area contributed by atoms with Gasteiger partial charge in [0, 0.05) is 6.42 Å². The minimum absolute atomic E-state index is 0.0179. The van der Waals surface area contributed by atoms with Crippen molar-refractivity contribution in [1.29, 1.82) is 0 Å². The number of hydrogen-bond acceptors (Lipinski definition) is 10. The topological polar surface area (TPSA) is 174 Å². The average Bonchev–Trinajstić information content (AvgIpc) is 2.84. The van der Waals surface area contributed by atoms with E-state index in [0.717, 1.165) is 38.5 Å². The van der Waals surface area contributed by atoms with Crippen LogP contribution >= 0.6 is 0 Å². The van der Waals surface area contributed by atoms with E-state index in [-0.39, 0.29) is 6.42 Å². The Morgan fingerprint density at radius 2 is 1.23 bits per heavy atom. The van der Waals surface area contributed by atoms with Crippen LogP contribution in [0.5, 0.6) is 0 Å².